The van der Waals surface area contributed by atoms with Crippen LogP contribution in [0, 0.1) is 0 Å². The summed E-state index contributed by atoms with van der Waals surface area (Å²) in [6.07, 6.45) is 0.749. The monoisotopic (exact) mass is 290 g/mol. The minimum Gasteiger partial charge on any atom is -0.394 e. The predicted molar refractivity (Wildman–Crippen MR) is 80.4 cm³/mol. The maximum atomic E-state index is 12.7. The van der Waals surface area contributed by atoms with E-state index in [2.05, 4.69) is 17.9 Å². The molecule has 1 aromatic rings. The number of aliphatic hydroxyl groups excluding tert-OH is 1. The third kappa shape index (κ3) is 2.95. The number of carbonyl (C=O) groups excluding carboxylic acids is 1. The second-order valence-electron chi connectivity index (χ2n) is 5.86. The summed E-state index contributed by atoms with van der Waals surface area (Å²) < 4.78 is 5.43. The molecule has 114 valence electrons. The van der Waals surface area contributed by atoms with Gasteiger partial charge in [-0.05, 0) is 25.0 Å². The third-order valence-electron chi connectivity index (χ3n) is 4.26. The van der Waals surface area contributed by atoms with Crippen LogP contribution >= 0.6 is 0 Å². The molecular formula is C16H22N2O3. The number of ether oxygens (including phenoxy) is 1. The molecule has 0 aromatic heterocycles. The highest BCUT2D eigenvalue weighted by Gasteiger charge is 2.32. The van der Waals surface area contributed by atoms with E-state index < -0.39 is 0 Å². The molecule has 21 heavy (non-hydrogen) atoms. The number of rotatable bonds is 3. The van der Waals surface area contributed by atoms with Crippen molar-refractivity contribution in [1.82, 2.24) is 4.90 Å². The molecule has 5 heteroatoms. The van der Waals surface area contributed by atoms with Gasteiger partial charge in [-0.15, -0.1) is 0 Å². The van der Waals surface area contributed by atoms with E-state index >= 15 is 0 Å². The second kappa shape index (κ2) is 6.13. The van der Waals surface area contributed by atoms with E-state index in [1.165, 1.54) is 5.56 Å². The number of para-hydroxylation sites is 1. The molecule has 1 aromatic carbocycles. The van der Waals surface area contributed by atoms with Crippen molar-refractivity contribution < 1.29 is 14.6 Å². The van der Waals surface area contributed by atoms with E-state index in [1.54, 1.807) is 0 Å². The smallest absolute Gasteiger partial charge is 0.241 e. The van der Waals surface area contributed by atoms with E-state index in [0.717, 1.165) is 18.7 Å². The van der Waals surface area contributed by atoms with Crippen molar-refractivity contribution in [2.24, 2.45) is 0 Å². The zero-order chi connectivity index (χ0) is 14.8. The quantitative estimate of drug-likeness (QED) is 0.888. The maximum absolute atomic E-state index is 12.7. The largest absolute Gasteiger partial charge is 0.394 e. The van der Waals surface area contributed by atoms with Gasteiger partial charge < -0.3 is 14.7 Å². The molecule has 1 fully saturated rings. The Kier molecular flexibility index (Phi) is 4.24. The minimum absolute atomic E-state index is 0.00758. The molecule has 0 radical (unpaired) electrons. The summed E-state index contributed by atoms with van der Waals surface area (Å²) in [5.74, 6) is 0.131. The molecule has 0 spiro atoms. The first kappa shape index (κ1) is 14.5. The Bertz CT molecular complexity index is 520. The first-order valence-corrected chi connectivity index (χ1v) is 7.54. The van der Waals surface area contributed by atoms with Crippen LogP contribution in [0.15, 0.2) is 24.3 Å². The van der Waals surface area contributed by atoms with Gasteiger partial charge in [0, 0.05) is 24.8 Å². The summed E-state index contributed by atoms with van der Waals surface area (Å²) in [6.45, 7) is 4.42. The number of aliphatic hydroxyl groups is 1. The van der Waals surface area contributed by atoms with Gasteiger partial charge in [0.05, 0.1) is 25.9 Å². The highest BCUT2D eigenvalue weighted by molar-refractivity contribution is 5.97. The third-order valence-corrected chi connectivity index (χ3v) is 4.26. The van der Waals surface area contributed by atoms with E-state index in [9.17, 15) is 9.90 Å². The number of hydrogen-bond acceptors (Lipinski definition) is 4. The molecule has 1 unspecified atom stereocenters. The fourth-order valence-corrected chi connectivity index (χ4v) is 3.25. The van der Waals surface area contributed by atoms with Gasteiger partial charge in [-0.3, -0.25) is 9.69 Å². The Labute approximate surface area is 125 Å². The topological polar surface area (TPSA) is 53.0 Å². The molecule has 2 atom stereocenters. The van der Waals surface area contributed by atoms with Gasteiger partial charge >= 0.3 is 0 Å². The van der Waals surface area contributed by atoms with Crippen LogP contribution in [0.5, 0.6) is 0 Å². The van der Waals surface area contributed by atoms with Crippen LogP contribution in [0.25, 0.3) is 0 Å². The van der Waals surface area contributed by atoms with Crippen LogP contribution in [-0.2, 0) is 16.0 Å². The fraction of sp³-hybridized carbons (Fsp3) is 0.562. The van der Waals surface area contributed by atoms with Gasteiger partial charge in [-0.2, -0.15) is 0 Å². The Morgan fingerprint density at radius 2 is 2.24 bits per heavy atom. The average molecular weight is 290 g/mol. The number of fused-ring (bicyclic) bond motifs is 1. The summed E-state index contributed by atoms with van der Waals surface area (Å²) in [5.41, 5.74) is 2.29. The average Bonchev–Trinajstić information content (AvgIpc) is 2.83. The summed E-state index contributed by atoms with van der Waals surface area (Å²) in [5, 5.41) is 9.18. The first-order chi connectivity index (χ1) is 10.2. The van der Waals surface area contributed by atoms with Crippen molar-refractivity contribution in [3.8, 4) is 0 Å². The van der Waals surface area contributed by atoms with Gasteiger partial charge in [0.2, 0.25) is 5.91 Å². The van der Waals surface area contributed by atoms with E-state index in [4.69, 9.17) is 4.74 Å². The molecule has 2 aliphatic heterocycles. The lowest BCUT2D eigenvalue weighted by Crippen LogP contribution is -2.49. The van der Waals surface area contributed by atoms with Crippen molar-refractivity contribution in [2.75, 3.05) is 37.7 Å². The predicted octanol–water partition coefficient (Wildman–Crippen LogP) is 0.657. The Morgan fingerprint density at radius 3 is 3.05 bits per heavy atom. The molecule has 0 aliphatic carbocycles. The number of amides is 1. The van der Waals surface area contributed by atoms with E-state index in [-0.39, 0.29) is 24.7 Å². The Morgan fingerprint density at radius 1 is 1.43 bits per heavy atom. The highest BCUT2D eigenvalue weighted by Crippen LogP contribution is 2.31. The lowest BCUT2D eigenvalue weighted by atomic mass is 10.1. The van der Waals surface area contributed by atoms with Gasteiger partial charge in [0.25, 0.3) is 0 Å². The molecule has 3 rings (SSSR count). The molecule has 0 saturated carbocycles. The first-order valence-electron chi connectivity index (χ1n) is 7.54. The van der Waals surface area contributed by atoms with Crippen molar-refractivity contribution in [1.29, 1.82) is 0 Å². The van der Waals surface area contributed by atoms with Crippen LogP contribution in [0.4, 0.5) is 5.69 Å². The SMILES string of the molecule is CC1Cc2ccccc2N1C(=O)CN1CCO[C@@H](CO)C1. The van der Waals surface area contributed by atoms with Crippen LogP contribution in [0.1, 0.15) is 12.5 Å². The van der Waals surface area contributed by atoms with Crippen molar-refractivity contribution in [3.63, 3.8) is 0 Å². The number of benzene rings is 1. The number of carbonyl (C=O) groups is 1. The number of hydrogen-bond donors (Lipinski definition) is 1. The van der Waals surface area contributed by atoms with E-state index in [1.807, 2.05) is 23.1 Å². The van der Waals surface area contributed by atoms with Gasteiger partial charge in [0.15, 0.2) is 0 Å². The van der Waals surface area contributed by atoms with Crippen molar-refractivity contribution >= 4 is 11.6 Å². The Hall–Kier alpha value is -1.43. The van der Waals surface area contributed by atoms with Gasteiger partial charge in [0.1, 0.15) is 0 Å². The zero-order valence-electron chi connectivity index (χ0n) is 12.4. The number of nitrogens with zero attached hydrogens (tertiary/aromatic N) is 2. The van der Waals surface area contributed by atoms with Crippen molar-refractivity contribution in [3.05, 3.63) is 29.8 Å². The van der Waals surface area contributed by atoms with Crippen LogP contribution in [-0.4, -0.2) is 60.9 Å². The van der Waals surface area contributed by atoms with Crippen LogP contribution in [0.3, 0.4) is 0 Å². The molecule has 1 N–H and O–H groups in total. The maximum Gasteiger partial charge on any atom is 0.241 e. The summed E-state index contributed by atoms with van der Waals surface area (Å²) in [4.78, 5) is 16.6. The molecule has 2 aliphatic rings. The Balaban J connectivity index is 1.68. The molecule has 5 nitrogen and oxygen atoms in total. The molecular weight excluding hydrogens is 268 g/mol. The standard InChI is InChI=1S/C16H22N2O3/c1-12-8-13-4-2-3-5-15(13)18(12)16(20)10-17-6-7-21-14(9-17)11-19/h2-5,12,14,19H,6-11H2,1H3/t12?,14-/m1/s1. The summed E-state index contributed by atoms with van der Waals surface area (Å²) in [6, 6.07) is 8.33. The highest BCUT2D eigenvalue weighted by atomic mass is 16.5. The molecule has 1 saturated heterocycles. The number of anilines is 1. The number of morpholine rings is 1. The minimum atomic E-state index is -0.171. The molecule has 2 heterocycles. The summed E-state index contributed by atoms with van der Waals surface area (Å²) >= 11 is 0. The van der Waals surface area contributed by atoms with E-state index in [0.29, 0.717) is 19.7 Å². The lowest BCUT2D eigenvalue weighted by molar-refractivity contribution is -0.122. The van der Waals surface area contributed by atoms with Crippen LogP contribution in [0.2, 0.25) is 0 Å². The zero-order valence-corrected chi connectivity index (χ0v) is 12.4. The van der Waals surface area contributed by atoms with Gasteiger partial charge in [-0.25, -0.2) is 0 Å². The van der Waals surface area contributed by atoms with Crippen molar-refractivity contribution in [2.45, 2.75) is 25.5 Å². The molecule has 1 amide bonds. The molecule has 0 bridgehead atoms. The lowest BCUT2D eigenvalue weighted by Gasteiger charge is -2.33. The van der Waals surface area contributed by atoms with Crippen LogP contribution < -0.4 is 4.90 Å². The van der Waals surface area contributed by atoms with Gasteiger partial charge in [-0.1, -0.05) is 18.2 Å². The fourth-order valence-electron chi connectivity index (χ4n) is 3.25. The summed E-state index contributed by atoms with van der Waals surface area (Å²) in [7, 11) is 0. The second-order valence-corrected chi connectivity index (χ2v) is 5.86. The normalized spacial score (nSPS) is 25.9.